The summed E-state index contributed by atoms with van der Waals surface area (Å²) in [4.78, 5) is 37.9. The molecule has 0 saturated heterocycles. The minimum absolute atomic E-state index is 0.0556. The summed E-state index contributed by atoms with van der Waals surface area (Å²) < 4.78 is 43.7. The minimum atomic E-state index is -4.57. The lowest BCUT2D eigenvalue weighted by Crippen LogP contribution is -2.32. The fourth-order valence-electron chi connectivity index (χ4n) is 2.79. The van der Waals surface area contributed by atoms with Crippen LogP contribution in [0.25, 0.3) is 0 Å². The number of nitrogens with one attached hydrogen (secondary N) is 1. The first-order valence-corrected chi connectivity index (χ1v) is 9.51. The van der Waals surface area contributed by atoms with Crippen molar-refractivity contribution < 1.29 is 32.3 Å². The van der Waals surface area contributed by atoms with E-state index in [1.54, 1.807) is 0 Å². The maximum Gasteiger partial charge on any atom is 0.416 e. The number of ether oxygens (including phenoxy) is 1. The van der Waals surface area contributed by atoms with Gasteiger partial charge in [-0.3, -0.25) is 9.59 Å². The van der Waals surface area contributed by atoms with E-state index in [2.05, 4.69) is 5.32 Å². The van der Waals surface area contributed by atoms with E-state index in [9.17, 15) is 27.6 Å². The Morgan fingerprint density at radius 1 is 1.10 bits per heavy atom. The lowest BCUT2D eigenvalue weighted by Gasteiger charge is -2.16. The number of benzene rings is 2. The third-order valence-corrected chi connectivity index (χ3v) is 4.64. The van der Waals surface area contributed by atoms with Crippen LogP contribution in [0.4, 0.5) is 24.5 Å². The largest absolute Gasteiger partial charge is 0.462 e. The van der Waals surface area contributed by atoms with E-state index < -0.39 is 34.6 Å². The van der Waals surface area contributed by atoms with Crippen molar-refractivity contribution in [1.29, 1.82) is 0 Å². The number of rotatable bonds is 6. The van der Waals surface area contributed by atoms with E-state index in [0.29, 0.717) is 6.42 Å². The molecule has 0 bridgehead atoms. The molecule has 3 rings (SSSR count). The van der Waals surface area contributed by atoms with Gasteiger partial charge >= 0.3 is 12.1 Å². The summed E-state index contributed by atoms with van der Waals surface area (Å²) in [5.74, 6) is -2.23. The van der Waals surface area contributed by atoms with Gasteiger partial charge in [0.25, 0.3) is 11.8 Å². The van der Waals surface area contributed by atoms with Gasteiger partial charge < -0.3 is 10.1 Å². The fraction of sp³-hybridized carbons (Fsp3) is 0.190. The van der Waals surface area contributed by atoms with Crippen molar-refractivity contribution in [2.75, 3.05) is 16.8 Å². The van der Waals surface area contributed by atoms with Crippen molar-refractivity contribution in [2.45, 2.75) is 19.5 Å². The van der Waals surface area contributed by atoms with Gasteiger partial charge in [0.15, 0.2) is 0 Å². The average Bonchev–Trinajstić information content (AvgIpc) is 2.95. The molecule has 1 aliphatic heterocycles. The highest BCUT2D eigenvalue weighted by Gasteiger charge is 2.39. The third-order valence-electron chi connectivity index (χ3n) is 4.29. The lowest BCUT2D eigenvalue weighted by atomic mass is 10.2. The third kappa shape index (κ3) is 4.72. The molecular weight excluding hydrogens is 437 g/mol. The quantitative estimate of drug-likeness (QED) is 0.507. The molecular formula is C21H16ClF3N2O4. The summed E-state index contributed by atoms with van der Waals surface area (Å²) in [5, 5.41) is 2.03. The fourth-order valence-corrected chi connectivity index (χ4v) is 3.00. The normalized spacial score (nSPS) is 14.3. The summed E-state index contributed by atoms with van der Waals surface area (Å²) in [7, 11) is 0. The smallest absolute Gasteiger partial charge is 0.416 e. The average molecular weight is 453 g/mol. The highest BCUT2D eigenvalue weighted by atomic mass is 35.5. The second-order valence-electron chi connectivity index (χ2n) is 6.52. The van der Waals surface area contributed by atoms with Crippen LogP contribution in [0.5, 0.6) is 0 Å². The highest BCUT2D eigenvalue weighted by molar-refractivity contribution is 6.53. The lowest BCUT2D eigenvalue weighted by molar-refractivity contribution is -0.137. The Balaban J connectivity index is 1.81. The zero-order valence-corrected chi connectivity index (χ0v) is 16.9. The zero-order chi connectivity index (χ0) is 22.8. The Bertz CT molecular complexity index is 1070. The molecule has 162 valence electrons. The number of amides is 2. The van der Waals surface area contributed by atoms with Crippen LogP contribution >= 0.6 is 11.6 Å². The molecule has 1 aliphatic rings. The number of imide groups is 1. The topological polar surface area (TPSA) is 75.7 Å². The maximum atomic E-state index is 12.9. The number of hydrogen-bond acceptors (Lipinski definition) is 5. The molecule has 0 aliphatic carbocycles. The number of alkyl halides is 3. The predicted octanol–water partition coefficient (Wildman–Crippen LogP) is 4.71. The molecule has 0 spiro atoms. The van der Waals surface area contributed by atoms with Crippen LogP contribution in [0.1, 0.15) is 29.3 Å². The van der Waals surface area contributed by atoms with Crippen LogP contribution < -0.4 is 10.2 Å². The molecule has 6 nitrogen and oxygen atoms in total. The predicted molar refractivity (Wildman–Crippen MR) is 107 cm³/mol. The SMILES string of the molecule is CCCOC(=O)c1ccc(N2C(=O)C(Cl)=C(Nc3cccc(C(F)(F)F)c3)C2=O)cc1. The van der Waals surface area contributed by atoms with Crippen LogP contribution in [0.15, 0.2) is 59.3 Å². The number of halogens is 4. The van der Waals surface area contributed by atoms with Gasteiger partial charge in [-0.15, -0.1) is 0 Å². The van der Waals surface area contributed by atoms with Gasteiger partial charge in [-0.25, -0.2) is 9.69 Å². The Morgan fingerprint density at radius 3 is 2.39 bits per heavy atom. The molecule has 0 aromatic heterocycles. The molecule has 2 aromatic carbocycles. The Labute approximate surface area is 180 Å². The molecule has 1 heterocycles. The van der Waals surface area contributed by atoms with Crippen molar-refractivity contribution in [3.05, 3.63) is 70.4 Å². The van der Waals surface area contributed by atoms with Crippen LogP contribution in [0.3, 0.4) is 0 Å². The van der Waals surface area contributed by atoms with E-state index >= 15 is 0 Å². The second-order valence-corrected chi connectivity index (χ2v) is 6.90. The molecule has 0 atom stereocenters. The summed E-state index contributed by atoms with van der Waals surface area (Å²) in [5.41, 5.74) is -0.954. The molecule has 10 heteroatoms. The van der Waals surface area contributed by atoms with E-state index in [1.165, 1.54) is 30.3 Å². The van der Waals surface area contributed by atoms with E-state index in [1.807, 2.05) is 6.92 Å². The second kappa shape index (κ2) is 8.81. The Morgan fingerprint density at radius 2 is 1.77 bits per heavy atom. The van der Waals surface area contributed by atoms with Crippen LogP contribution in [0, 0.1) is 0 Å². The molecule has 1 N–H and O–H groups in total. The molecule has 31 heavy (non-hydrogen) atoms. The number of anilines is 2. The standard InChI is InChI=1S/C21H16ClF3N2O4/c1-2-10-31-20(30)12-6-8-15(9-7-12)27-18(28)16(22)17(19(27)29)26-14-5-3-4-13(11-14)21(23,24)25/h3-9,11,26H,2,10H2,1H3. The van der Waals surface area contributed by atoms with Crippen molar-refractivity contribution in [3.63, 3.8) is 0 Å². The molecule has 0 saturated carbocycles. The van der Waals surface area contributed by atoms with Crippen LogP contribution in [0.2, 0.25) is 0 Å². The van der Waals surface area contributed by atoms with Crippen LogP contribution in [-0.2, 0) is 20.5 Å². The monoisotopic (exact) mass is 452 g/mol. The first-order chi connectivity index (χ1) is 14.6. The van der Waals surface area contributed by atoms with Crippen LogP contribution in [-0.4, -0.2) is 24.4 Å². The number of carbonyl (C=O) groups is 3. The van der Waals surface area contributed by atoms with E-state index in [4.69, 9.17) is 16.3 Å². The number of esters is 1. The van der Waals surface area contributed by atoms with Gasteiger partial charge in [0, 0.05) is 5.69 Å². The van der Waals surface area contributed by atoms with Gasteiger partial charge in [-0.2, -0.15) is 13.2 Å². The summed E-state index contributed by atoms with van der Waals surface area (Å²) in [6.07, 6.45) is -3.91. The van der Waals surface area contributed by atoms with Crippen molar-refractivity contribution in [1.82, 2.24) is 0 Å². The van der Waals surface area contributed by atoms with Gasteiger partial charge in [-0.1, -0.05) is 24.6 Å². The summed E-state index contributed by atoms with van der Waals surface area (Å²) >= 11 is 6.00. The van der Waals surface area contributed by atoms with Crippen molar-refractivity contribution in [3.8, 4) is 0 Å². The summed E-state index contributed by atoms with van der Waals surface area (Å²) in [6.45, 7) is 2.11. The molecule has 0 fully saturated rings. The Hall–Kier alpha value is -3.33. The van der Waals surface area contributed by atoms with Gasteiger partial charge in [0.1, 0.15) is 10.7 Å². The van der Waals surface area contributed by atoms with Gasteiger partial charge in [-0.05, 0) is 48.9 Å². The number of nitrogens with zero attached hydrogens (tertiary/aromatic N) is 1. The number of carbonyl (C=O) groups excluding carboxylic acids is 3. The first-order valence-electron chi connectivity index (χ1n) is 9.13. The minimum Gasteiger partial charge on any atom is -0.462 e. The summed E-state index contributed by atoms with van der Waals surface area (Å²) in [6, 6.07) is 9.67. The number of hydrogen-bond donors (Lipinski definition) is 1. The molecule has 0 unspecified atom stereocenters. The maximum absolute atomic E-state index is 12.9. The van der Waals surface area contributed by atoms with Gasteiger partial charge in [0.05, 0.1) is 23.4 Å². The van der Waals surface area contributed by atoms with E-state index in [0.717, 1.165) is 23.1 Å². The highest BCUT2D eigenvalue weighted by Crippen LogP contribution is 2.33. The Kier molecular flexibility index (Phi) is 6.35. The van der Waals surface area contributed by atoms with E-state index in [-0.39, 0.29) is 29.2 Å². The molecule has 0 radical (unpaired) electrons. The molecule has 2 aromatic rings. The van der Waals surface area contributed by atoms with Crippen molar-refractivity contribution in [2.24, 2.45) is 0 Å². The zero-order valence-electron chi connectivity index (χ0n) is 16.1. The van der Waals surface area contributed by atoms with Gasteiger partial charge in [0.2, 0.25) is 0 Å². The first kappa shape index (κ1) is 22.4. The molecule has 2 amide bonds. The van der Waals surface area contributed by atoms with Crippen molar-refractivity contribution >= 4 is 40.8 Å².